The van der Waals surface area contributed by atoms with Gasteiger partial charge in [-0.15, -0.1) is 0 Å². The fourth-order valence-corrected chi connectivity index (χ4v) is 1.93. The van der Waals surface area contributed by atoms with Crippen molar-refractivity contribution in [3.8, 4) is 5.75 Å². The third-order valence-corrected chi connectivity index (χ3v) is 3.12. The van der Waals surface area contributed by atoms with Crippen LogP contribution in [-0.2, 0) is 4.74 Å². The molecule has 24 heavy (non-hydrogen) atoms. The van der Waals surface area contributed by atoms with Gasteiger partial charge in [0.2, 0.25) is 0 Å². The topological polar surface area (TPSA) is 76.1 Å². The Hall–Kier alpha value is -2.08. The molecule has 0 radical (unpaired) electrons. The van der Waals surface area contributed by atoms with Crippen LogP contribution in [0, 0.1) is 0 Å². The highest BCUT2D eigenvalue weighted by atomic mass is 16.6. The second-order valence-corrected chi connectivity index (χ2v) is 6.88. The quantitative estimate of drug-likeness (QED) is 0.774. The fourth-order valence-electron chi connectivity index (χ4n) is 1.93. The Balaban J connectivity index is 2.56. The van der Waals surface area contributed by atoms with Crippen molar-refractivity contribution in [1.82, 2.24) is 4.90 Å². The maximum atomic E-state index is 12.2. The zero-order valence-corrected chi connectivity index (χ0v) is 15.0. The van der Waals surface area contributed by atoms with Crippen LogP contribution < -0.4 is 4.74 Å². The van der Waals surface area contributed by atoms with Crippen LogP contribution in [0.15, 0.2) is 24.3 Å². The van der Waals surface area contributed by atoms with Gasteiger partial charge in [0.15, 0.2) is 0 Å². The lowest BCUT2D eigenvalue weighted by Gasteiger charge is -2.31. The number of amides is 1. The highest BCUT2D eigenvalue weighted by Crippen LogP contribution is 2.14. The summed E-state index contributed by atoms with van der Waals surface area (Å²) in [7, 11) is 0. The molecule has 134 valence electrons. The van der Waals surface area contributed by atoms with E-state index in [2.05, 4.69) is 0 Å². The summed E-state index contributed by atoms with van der Waals surface area (Å²) in [5, 5.41) is 10.1. The summed E-state index contributed by atoms with van der Waals surface area (Å²) >= 11 is 0. The standard InChI is InChI=1S/C18H27NO5/c1-13(2)19(17(22)24-18(3,4)5)10-15(21)12-23-16-8-6-14(11-20)7-9-16/h6-9,11,13,15,21H,10,12H2,1-5H3. The number of hydrogen-bond donors (Lipinski definition) is 1. The number of nitrogens with zero attached hydrogens (tertiary/aromatic N) is 1. The van der Waals surface area contributed by atoms with Gasteiger partial charge in [-0.2, -0.15) is 0 Å². The van der Waals surface area contributed by atoms with Crippen molar-refractivity contribution >= 4 is 12.4 Å². The number of carbonyl (C=O) groups is 2. The lowest BCUT2D eigenvalue weighted by molar-refractivity contribution is 0.00188. The van der Waals surface area contributed by atoms with E-state index in [0.717, 1.165) is 6.29 Å². The Morgan fingerprint density at radius 3 is 2.29 bits per heavy atom. The summed E-state index contributed by atoms with van der Waals surface area (Å²) in [6.07, 6.45) is -0.572. The number of aliphatic hydroxyl groups is 1. The Labute approximate surface area is 143 Å². The van der Waals surface area contributed by atoms with Gasteiger partial charge in [0.1, 0.15) is 30.3 Å². The molecule has 0 saturated heterocycles. The van der Waals surface area contributed by atoms with Crippen molar-refractivity contribution in [1.29, 1.82) is 0 Å². The molecule has 1 rings (SSSR count). The van der Waals surface area contributed by atoms with E-state index in [1.165, 1.54) is 4.90 Å². The molecule has 6 heteroatoms. The number of hydrogen-bond acceptors (Lipinski definition) is 5. The first kappa shape index (κ1) is 20.0. The van der Waals surface area contributed by atoms with Gasteiger partial charge in [-0.05, 0) is 58.9 Å². The molecule has 1 unspecified atom stereocenters. The first-order valence-electron chi connectivity index (χ1n) is 7.98. The number of aldehydes is 1. The lowest BCUT2D eigenvalue weighted by Crippen LogP contribution is -2.46. The van der Waals surface area contributed by atoms with Crippen LogP contribution in [0.1, 0.15) is 45.0 Å². The van der Waals surface area contributed by atoms with Crippen LogP contribution in [0.2, 0.25) is 0 Å². The maximum absolute atomic E-state index is 12.2. The molecule has 0 bridgehead atoms. The molecule has 1 atom stereocenters. The van der Waals surface area contributed by atoms with Crippen LogP contribution in [0.3, 0.4) is 0 Å². The summed E-state index contributed by atoms with van der Waals surface area (Å²) in [6, 6.07) is 6.47. The number of benzene rings is 1. The Kier molecular flexibility index (Phi) is 7.22. The summed E-state index contributed by atoms with van der Waals surface area (Å²) < 4.78 is 10.8. The van der Waals surface area contributed by atoms with E-state index in [4.69, 9.17) is 9.47 Å². The molecule has 1 aromatic carbocycles. The number of rotatable bonds is 7. The van der Waals surface area contributed by atoms with Gasteiger partial charge >= 0.3 is 6.09 Å². The number of carbonyl (C=O) groups excluding carboxylic acids is 2. The second kappa shape index (κ2) is 8.68. The molecule has 6 nitrogen and oxygen atoms in total. The minimum absolute atomic E-state index is 0.0342. The molecule has 0 aliphatic heterocycles. The van der Waals surface area contributed by atoms with Crippen LogP contribution in [-0.4, -0.2) is 53.3 Å². The third-order valence-electron chi connectivity index (χ3n) is 3.12. The minimum atomic E-state index is -0.856. The van der Waals surface area contributed by atoms with E-state index in [1.54, 1.807) is 45.0 Å². The van der Waals surface area contributed by atoms with E-state index < -0.39 is 17.8 Å². The Morgan fingerprint density at radius 1 is 1.25 bits per heavy atom. The minimum Gasteiger partial charge on any atom is -0.491 e. The summed E-state index contributed by atoms with van der Waals surface area (Å²) in [5.41, 5.74) is -0.0368. The Bertz CT molecular complexity index is 533. The van der Waals surface area contributed by atoms with E-state index in [0.29, 0.717) is 11.3 Å². The van der Waals surface area contributed by atoms with E-state index in [1.807, 2.05) is 13.8 Å². The van der Waals surface area contributed by atoms with Gasteiger partial charge in [0.25, 0.3) is 0 Å². The van der Waals surface area contributed by atoms with Crippen molar-refractivity contribution in [2.45, 2.75) is 52.4 Å². The van der Waals surface area contributed by atoms with E-state index in [9.17, 15) is 14.7 Å². The SMILES string of the molecule is CC(C)N(CC(O)COc1ccc(C=O)cc1)C(=O)OC(C)(C)C. The molecule has 0 spiro atoms. The average Bonchev–Trinajstić information content (AvgIpc) is 2.49. The third kappa shape index (κ3) is 7.00. The van der Waals surface area contributed by atoms with E-state index >= 15 is 0 Å². The molecule has 0 saturated carbocycles. The van der Waals surface area contributed by atoms with Crippen LogP contribution in [0.25, 0.3) is 0 Å². The molecule has 1 aromatic rings. The highest BCUT2D eigenvalue weighted by Gasteiger charge is 2.26. The van der Waals surface area contributed by atoms with Crippen molar-refractivity contribution in [2.75, 3.05) is 13.2 Å². The smallest absolute Gasteiger partial charge is 0.410 e. The highest BCUT2D eigenvalue weighted by molar-refractivity contribution is 5.74. The predicted octanol–water partition coefficient (Wildman–Crippen LogP) is 2.88. The fraction of sp³-hybridized carbons (Fsp3) is 0.556. The van der Waals surface area contributed by atoms with Gasteiger partial charge in [-0.25, -0.2) is 4.79 Å². The van der Waals surface area contributed by atoms with Gasteiger partial charge < -0.3 is 19.5 Å². The molecular formula is C18H27NO5. The molecule has 0 fully saturated rings. The van der Waals surface area contributed by atoms with Crippen LogP contribution in [0.4, 0.5) is 4.79 Å². The summed E-state index contributed by atoms with van der Waals surface area (Å²) in [4.78, 5) is 24.3. The van der Waals surface area contributed by atoms with Crippen molar-refractivity contribution in [3.05, 3.63) is 29.8 Å². The summed E-state index contributed by atoms with van der Waals surface area (Å²) in [5.74, 6) is 0.549. The zero-order chi connectivity index (χ0) is 18.3. The molecular weight excluding hydrogens is 310 g/mol. The van der Waals surface area contributed by atoms with Crippen molar-refractivity contribution in [2.24, 2.45) is 0 Å². The maximum Gasteiger partial charge on any atom is 0.410 e. The monoisotopic (exact) mass is 337 g/mol. The first-order chi connectivity index (χ1) is 11.1. The second-order valence-electron chi connectivity index (χ2n) is 6.88. The largest absolute Gasteiger partial charge is 0.491 e. The van der Waals surface area contributed by atoms with Crippen LogP contribution >= 0.6 is 0 Å². The number of ether oxygens (including phenoxy) is 2. The molecule has 0 aliphatic rings. The van der Waals surface area contributed by atoms with Crippen LogP contribution in [0.5, 0.6) is 5.75 Å². The number of aliphatic hydroxyl groups excluding tert-OH is 1. The molecule has 1 N–H and O–H groups in total. The molecule has 0 aromatic heterocycles. The normalized spacial score (nSPS) is 12.6. The van der Waals surface area contributed by atoms with Gasteiger partial charge in [-0.1, -0.05) is 0 Å². The van der Waals surface area contributed by atoms with Crippen molar-refractivity contribution in [3.63, 3.8) is 0 Å². The lowest BCUT2D eigenvalue weighted by atomic mass is 10.2. The first-order valence-corrected chi connectivity index (χ1v) is 7.98. The van der Waals surface area contributed by atoms with Gasteiger partial charge in [0, 0.05) is 11.6 Å². The molecule has 0 heterocycles. The van der Waals surface area contributed by atoms with Gasteiger partial charge in [0.05, 0.1) is 6.54 Å². The molecule has 1 amide bonds. The van der Waals surface area contributed by atoms with Gasteiger partial charge in [-0.3, -0.25) is 4.79 Å². The average molecular weight is 337 g/mol. The predicted molar refractivity (Wildman–Crippen MR) is 91.4 cm³/mol. The van der Waals surface area contributed by atoms with Crippen molar-refractivity contribution < 1.29 is 24.2 Å². The summed E-state index contributed by atoms with van der Waals surface area (Å²) in [6.45, 7) is 9.25. The molecule has 0 aliphatic carbocycles. The zero-order valence-electron chi connectivity index (χ0n) is 15.0. The Morgan fingerprint density at radius 2 is 1.83 bits per heavy atom. The van der Waals surface area contributed by atoms with E-state index in [-0.39, 0.29) is 19.2 Å².